The van der Waals surface area contributed by atoms with Gasteiger partial charge in [-0.05, 0) is 37.5 Å². The van der Waals surface area contributed by atoms with Crippen LogP contribution in [0.1, 0.15) is 48.5 Å². The molecule has 5 nitrogen and oxygen atoms in total. The summed E-state index contributed by atoms with van der Waals surface area (Å²) < 4.78 is 0. The molecule has 2 rings (SSSR count). The van der Waals surface area contributed by atoms with Crippen LogP contribution in [0.25, 0.3) is 0 Å². The van der Waals surface area contributed by atoms with Crippen molar-refractivity contribution in [3.05, 3.63) is 35.4 Å². The van der Waals surface area contributed by atoms with Crippen molar-refractivity contribution in [1.82, 2.24) is 10.2 Å². The third-order valence-electron chi connectivity index (χ3n) is 4.43. The minimum atomic E-state index is -0.0805. The maximum atomic E-state index is 12.3. The van der Waals surface area contributed by atoms with Crippen LogP contribution in [0.15, 0.2) is 24.3 Å². The molecule has 1 fully saturated rings. The van der Waals surface area contributed by atoms with Gasteiger partial charge in [0.2, 0.25) is 5.91 Å². The molecule has 1 aliphatic rings. The minimum Gasteiger partial charge on any atom is -0.395 e. The van der Waals surface area contributed by atoms with Gasteiger partial charge in [-0.25, -0.2) is 0 Å². The summed E-state index contributed by atoms with van der Waals surface area (Å²) in [6.45, 7) is 3.26. The molecule has 0 aliphatic heterocycles. The topological polar surface area (TPSA) is 69.6 Å². The molecule has 0 heterocycles. The van der Waals surface area contributed by atoms with E-state index in [0.29, 0.717) is 25.2 Å². The molecule has 126 valence electrons. The van der Waals surface area contributed by atoms with E-state index < -0.39 is 0 Å². The molecule has 0 bridgehead atoms. The summed E-state index contributed by atoms with van der Waals surface area (Å²) in [5, 5.41) is 12.0. The summed E-state index contributed by atoms with van der Waals surface area (Å²) in [7, 11) is 0. The highest BCUT2D eigenvalue weighted by Gasteiger charge is 2.22. The van der Waals surface area contributed by atoms with E-state index in [1.807, 2.05) is 19.1 Å². The van der Waals surface area contributed by atoms with E-state index in [1.54, 1.807) is 17.0 Å². The average molecular weight is 318 g/mol. The predicted molar refractivity (Wildman–Crippen MR) is 88.9 cm³/mol. The molecule has 1 aliphatic carbocycles. The van der Waals surface area contributed by atoms with Gasteiger partial charge in [0.05, 0.1) is 6.61 Å². The molecular weight excluding hydrogens is 292 g/mol. The number of aliphatic hydroxyl groups excluding tert-OH is 1. The van der Waals surface area contributed by atoms with Gasteiger partial charge in [-0.2, -0.15) is 0 Å². The first-order chi connectivity index (χ1) is 11.2. The molecular formula is C18H26N2O3. The second-order valence-electron chi connectivity index (χ2n) is 6.00. The Morgan fingerprint density at radius 3 is 2.43 bits per heavy atom. The Morgan fingerprint density at radius 2 is 1.87 bits per heavy atom. The first-order valence-electron chi connectivity index (χ1n) is 8.42. The van der Waals surface area contributed by atoms with Crippen molar-refractivity contribution in [2.75, 3.05) is 19.7 Å². The Morgan fingerprint density at radius 1 is 1.22 bits per heavy atom. The molecule has 0 spiro atoms. The highest BCUT2D eigenvalue weighted by Crippen LogP contribution is 2.24. The molecule has 0 atom stereocenters. The van der Waals surface area contributed by atoms with Crippen LogP contribution in [0.3, 0.4) is 0 Å². The number of carbonyl (C=O) groups excluding carboxylic acids is 2. The van der Waals surface area contributed by atoms with Crippen LogP contribution >= 0.6 is 0 Å². The molecule has 2 amide bonds. The van der Waals surface area contributed by atoms with Gasteiger partial charge in [0, 0.05) is 31.1 Å². The Kier molecular flexibility index (Phi) is 6.59. The van der Waals surface area contributed by atoms with E-state index in [9.17, 15) is 9.59 Å². The van der Waals surface area contributed by atoms with Gasteiger partial charge in [-0.3, -0.25) is 9.59 Å². The van der Waals surface area contributed by atoms with Crippen molar-refractivity contribution >= 4 is 11.8 Å². The summed E-state index contributed by atoms with van der Waals surface area (Å²) in [4.78, 5) is 25.9. The van der Waals surface area contributed by atoms with Crippen LogP contribution in [-0.2, 0) is 11.3 Å². The fourth-order valence-electron chi connectivity index (χ4n) is 2.99. The molecule has 1 aromatic carbocycles. The standard InChI is InChI=1S/C18H26N2O3/c1-2-20(11-12-21)18(23)16-9-7-14(8-10-16)13-19-17(22)15-5-3-4-6-15/h7-10,15,21H,2-6,11-13H2,1H3,(H,19,22). The normalized spacial score (nSPS) is 14.7. The third-order valence-corrected chi connectivity index (χ3v) is 4.43. The number of rotatable bonds is 7. The number of benzene rings is 1. The summed E-state index contributed by atoms with van der Waals surface area (Å²) in [6.07, 6.45) is 4.29. The minimum absolute atomic E-state index is 0.0368. The van der Waals surface area contributed by atoms with Crippen molar-refractivity contribution in [3.8, 4) is 0 Å². The second-order valence-corrected chi connectivity index (χ2v) is 6.00. The van der Waals surface area contributed by atoms with E-state index in [0.717, 1.165) is 31.2 Å². The molecule has 5 heteroatoms. The Balaban J connectivity index is 1.88. The van der Waals surface area contributed by atoms with E-state index in [1.165, 1.54) is 0 Å². The third kappa shape index (κ3) is 4.79. The van der Waals surface area contributed by atoms with Crippen molar-refractivity contribution < 1.29 is 14.7 Å². The SMILES string of the molecule is CCN(CCO)C(=O)c1ccc(CNC(=O)C2CCCC2)cc1. The second kappa shape index (κ2) is 8.67. The van der Waals surface area contributed by atoms with E-state index >= 15 is 0 Å². The van der Waals surface area contributed by atoms with E-state index in [-0.39, 0.29) is 24.3 Å². The molecule has 1 aromatic rings. The van der Waals surface area contributed by atoms with Gasteiger partial charge in [-0.15, -0.1) is 0 Å². The van der Waals surface area contributed by atoms with Crippen LogP contribution in [0.2, 0.25) is 0 Å². The maximum Gasteiger partial charge on any atom is 0.253 e. The zero-order valence-electron chi connectivity index (χ0n) is 13.8. The number of aliphatic hydroxyl groups is 1. The number of carbonyl (C=O) groups is 2. The van der Waals surface area contributed by atoms with Crippen LogP contribution in [0.4, 0.5) is 0 Å². The van der Waals surface area contributed by atoms with Gasteiger partial charge >= 0.3 is 0 Å². The Bertz CT molecular complexity index is 522. The van der Waals surface area contributed by atoms with Gasteiger partial charge in [0.25, 0.3) is 5.91 Å². The van der Waals surface area contributed by atoms with Gasteiger partial charge in [0.15, 0.2) is 0 Å². The lowest BCUT2D eigenvalue weighted by Crippen LogP contribution is -2.33. The van der Waals surface area contributed by atoms with E-state index in [4.69, 9.17) is 5.11 Å². The van der Waals surface area contributed by atoms with Gasteiger partial charge in [0.1, 0.15) is 0 Å². The fraction of sp³-hybridized carbons (Fsp3) is 0.556. The molecule has 2 N–H and O–H groups in total. The summed E-state index contributed by atoms with van der Waals surface area (Å²) in [5.41, 5.74) is 1.59. The molecule has 0 saturated heterocycles. The van der Waals surface area contributed by atoms with E-state index in [2.05, 4.69) is 5.32 Å². The Labute approximate surface area is 137 Å². The molecule has 0 radical (unpaired) electrons. The molecule has 1 saturated carbocycles. The van der Waals surface area contributed by atoms with Gasteiger partial charge in [-0.1, -0.05) is 25.0 Å². The highest BCUT2D eigenvalue weighted by atomic mass is 16.3. The number of nitrogens with one attached hydrogen (secondary N) is 1. The molecule has 0 unspecified atom stereocenters. The quantitative estimate of drug-likeness (QED) is 0.807. The number of likely N-dealkylation sites (N-methyl/N-ethyl adjacent to an activating group) is 1. The van der Waals surface area contributed by atoms with Crippen LogP contribution in [0.5, 0.6) is 0 Å². The lowest BCUT2D eigenvalue weighted by Gasteiger charge is -2.19. The predicted octanol–water partition coefficient (Wildman–Crippen LogP) is 1.95. The summed E-state index contributed by atoms with van der Waals surface area (Å²) in [5.74, 6) is 0.235. The largest absolute Gasteiger partial charge is 0.395 e. The van der Waals surface area contributed by atoms with Crippen LogP contribution in [0, 0.1) is 5.92 Å². The molecule has 23 heavy (non-hydrogen) atoms. The molecule has 0 aromatic heterocycles. The number of hydrogen-bond acceptors (Lipinski definition) is 3. The van der Waals surface area contributed by atoms with Crippen molar-refractivity contribution in [2.24, 2.45) is 5.92 Å². The fourth-order valence-corrected chi connectivity index (χ4v) is 2.99. The van der Waals surface area contributed by atoms with Crippen LogP contribution in [-0.4, -0.2) is 41.5 Å². The maximum absolute atomic E-state index is 12.3. The summed E-state index contributed by atoms with van der Waals surface area (Å²) >= 11 is 0. The highest BCUT2D eigenvalue weighted by molar-refractivity contribution is 5.94. The number of nitrogens with zero attached hydrogens (tertiary/aromatic N) is 1. The van der Waals surface area contributed by atoms with Crippen LogP contribution < -0.4 is 5.32 Å². The number of amides is 2. The zero-order valence-corrected chi connectivity index (χ0v) is 13.8. The smallest absolute Gasteiger partial charge is 0.253 e. The first-order valence-corrected chi connectivity index (χ1v) is 8.42. The number of hydrogen-bond donors (Lipinski definition) is 2. The monoisotopic (exact) mass is 318 g/mol. The lowest BCUT2D eigenvalue weighted by atomic mass is 10.1. The Hall–Kier alpha value is -1.88. The lowest BCUT2D eigenvalue weighted by molar-refractivity contribution is -0.124. The summed E-state index contributed by atoms with van der Waals surface area (Å²) in [6, 6.07) is 7.29. The van der Waals surface area contributed by atoms with Crippen molar-refractivity contribution in [1.29, 1.82) is 0 Å². The van der Waals surface area contributed by atoms with Crippen molar-refractivity contribution in [3.63, 3.8) is 0 Å². The van der Waals surface area contributed by atoms with Crippen molar-refractivity contribution in [2.45, 2.75) is 39.2 Å². The van der Waals surface area contributed by atoms with Gasteiger partial charge < -0.3 is 15.3 Å². The first kappa shape index (κ1) is 17.5. The zero-order chi connectivity index (χ0) is 16.7. The average Bonchev–Trinajstić information content (AvgIpc) is 3.12.